The van der Waals surface area contributed by atoms with Gasteiger partial charge in [-0.2, -0.15) is 4.98 Å². The van der Waals surface area contributed by atoms with Gasteiger partial charge in [0.05, 0.1) is 11.1 Å². The first kappa shape index (κ1) is 13.7. The highest BCUT2D eigenvalue weighted by Crippen LogP contribution is 2.47. The van der Waals surface area contributed by atoms with Gasteiger partial charge in [0.2, 0.25) is 0 Å². The van der Waals surface area contributed by atoms with Crippen molar-refractivity contribution in [2.24, 2.45) is 0 Å². The first-order chi connectivity index (χ1) is 9.74. The van der Waals surface area contributed by atoms with Crippen molar-refractivity contribution in [1.29, 1.82) is 0 Å². The zero-order chi connectivity index (χ0) is 14.0. The third-order valence-corrected chi connectivity index (χ3v) is 4.22. The lowest BCUT2D eigenvalue weighted by Gasteiger charge is -2.38. The van der Waals surface area contributed by atoms with Gasteiger partial charge in [-0.15, -0.1) is 0 Å². The van der Waals surface area contributed by atoms with E-state index in [4.69, 9.17) is 9.26 Å². The minimum atomic E-state index is -0.186. The fraction of sp³-hybridized carbons (Fsp3) is 0.500. The molecule has 0 spiro atoms. The molecule has 0 saturated heterocycles. The van der Waals surface area contributed by atoms with Crippen LogP contribution in [-0.2, 0) is 16.8 Å². The number of aromatic nitrogens is 3. The Morgan fingerprint density at radius 1 is 1.40 bits per heavy atom. The third-order valence-electron chi connectivity index (χ3n) is 3.75. The van der Waals surface area contributed by atoms with Crippen LogP contribution in [0.4, 0.5) is 0 Å². The summed E-state index contributed by atoms with van der Waals surface area (Å²) in [5.41, 5.74) is 0.824. The van der Waals surface area contributed by atoms with Crippen LogP contribution in [0.25, 0.3) is 0 Å². The zero-order valence-corrected chi connectivity index (χ0v) is 12.9. The molecule has 2 aromatic heterocycles. The summed E-state index contributed by atoms with van der Waals surface area (Å²) in [6.45, 7) is 2.95. The van der Waals surface area contributed by atoms with Crippen LogP contribution in [-0.4, -0.2) is 21.7 Å². The molecule has 2 heterocycles. The molecule has 0 aromatic carbocycles. The Morgan fingerprint density at radius 3 is 2.85 bits per heavy atom. The van der Waals surface area contributed by atoms with Gasteiger partial charge >= 0.3 is 0 Å². The van der Waals surface area contributed by atoms with Gasteiger partial charge in [-0.25, -0.2) is 0 Å². The molecule has 1 saturated carbocycles. The molecular formula is C14H16BrN3O2. The average molecular weight is 338 g/mol. The number of hydrogen-bond donors (Lipinski definition) is 0. The molecule has 1 fully saturated rings. The van der Waals surface area contributed by atoms with Crippen LogP contribution in [0.15, 0.2) is 27.3 Å². The van der Waals surface area contributed by atoms with E-state index >= 15 is 0 Å². The van der Waals surface area contributed by atoms with Gasteiger partial charge in [0, 0.05) is 17.3 Å². The first-order valence-electron chi connectivity index (χ1n) is 6.77. The number of ether oxygens (including phenoxy) is 1. The second-order valence-electron chi connectivity index (χ2n) is 4.95. The van der Waals surface area contributed by atoms with Crippen LogP contribution in [0.2, 0.25) is 0 Å². The second-order valence-corrected chi connectivity index (χ2v) is 5.86. The van der Waals surface area contributed by atoms with E-state index in [1.165, 1.54) is 0 Å². The monoisotopic (exact) mass is 337 g/mol. The van der Waals surface area contributed by atoms with Crippen LogP contribution < -0.4 is 0 Å². The van der Waals surface area contributed by atoms with E-state index in [0.717, 1.165) is 35.3 Å². The van der Waals surface area contributed by atoms with Crippen molar-refractivity contribution in [1.82, 2.24) is 15.1 Å². The van der Waals surface area contributed by atoms with E-state index in [0.29, 0.717) is 19.1 Å². The van der Waals surface area contributed by atoms with Crippen LogP contribution in [0.1, 0.15) is 43.6 Å². The Bertz CT molecular complexity index is 578. The van der Waals surface area contributed by atoms with Crippen molar-refractivity contribution < 1.29 is 9.26 Å². The Morgan fingerprint density at radius 2 is 2.25 bits per heavy atom. The molecule has 20 heavy (non-hydrogen) atoms. The minimum absolute atomic E-state index is 0.186. The predicted molar refractivity (Wildman–Crippen MR) is 76.2 cm³/mol. The minimum Gasteiger partial charge on any atom is -0.372 e. The molecule has 0 atom stereocenters. The molecule has 0 bridgehead atoms. The molecule has 3 rings (SSSR count). The van der Waals surface area contributed by atoms with E-state index < -0.39 is 0 Å². The summed E-state index contributed by atoms with van der Waals surface area (Å²) in [5.74, 6) is 1.26. The average Bonchev–Trinajstić information content (AvgIpc) is 2.86. The van der Waals surface area contributed by atoms with E-state index in [1.54, 1.807) is 0 Å². The molecule has 2 aromatic rings. The van der Waals surface area contributed by atoms with Gasteiger partial charge in [0.15, 0.2) is 5.82 Å². The van der Waals surface area contributed by atoms with E-state index in [2.05, 4.69) is 31.1 Å². The molecule has 0 unspecified atom stereocenters. The van der Waals surface area contributed by atoms with Crippen molar-refractivity contribution in [2.75, 3.05) is 6.61 Å². The quantitative estimate of drug-likeness (QED) is 0.838. The second kappa shape index (κ2) is 5.61. The van der Waals surface area contributed by atoms with Gasteiger partial charge in [0.1, 0.15) is 6.61 Å². The molecule has 1 aliphatic rings. The van der Waals surface area contributed by atoms with Gasteiger partial charge in [0.25, 0.3) is 5.89 Å². The molecule has 5 nitrogen and oxygen atoms in total. The molecule has 0 radical (unpaired) electrons. The summed E-state index contributed by atoms with van der Waals surface area (Å²) in [6, 6.07) is 4.03. The van der Waals surface area contributed by atoms with Gasteiger partial charge < -0.3 is 9.26 Å². The third kappa shape index (κ3) is 2.38. The molecule has 0 aliphatic heterocycles. The summed E-state index contributed by atoms with van der Waals surface area (Å²) >= 11 is 3.41. The molecule has 0 amide bonds. The molecular weight excluding hydrogens is 322 g/mol. The maximum Gasteiger partial charge on any atom is 0.252 e. The zero-order valence-electron chi connectivity index (χ0n) is 11.3. The predicted octanol–water partition coefficient (Wildman–Crippen LogP) is 3.23. The summed E-state index contributed by atoms with van der Waals surface area (Å²) < 4.78 is 11.5. The van der Waals surface area contributed by atoms with E-state index in [-0.39, 0.29) is 5.41 Å². The van der Waals surface area contributed by atoms with Crippen molar-refractivity contribution >= 4 is 15.9 Å². The van der Waals surface area contributed by atoms with Crippen LogP contribution in [0, 0.1) is 0 Å². The summed E-state index contributed by atoms with van der Waals surface area (Å²) in [4.78, 5) is 9.01. The maximum atomic E-state index is 5.30. The number of rotatable bonds is 5. The Labute approximate surface area is 125 Å². The van der Waals surface area contributed by atoms with Crippen molar-refractivity contribution in [3.8, 4) is 0 Å². The first-order valence-corrected chi connectivity index (χ1v) is 7.57. The Kier molecular flexibility index (Phi) is 3.85. The van der Waals surface area contributed by atoms with Crippen molar-refractivity contribution in [2.45, 2.75) is 38.2 Å². The van der Waals surface area contributed by atoms with Crippen molar-refractivity contribution in [3.05, 3.63) is 40.2 Å². The van der Waals surface area contributed by atoms with Crippen molar-refractivity contribution in [3.63, 3.8) is 0 Å². The summed E-state index contributed by atoms with van der Waals surface area (Å²) in [5, 5.41) is 4.14. The fourth-order valence-electron chi connectivity index (χ4n) is 2.48. The smallest absolute Gasteiger partial charge is 0.252 e. The lowest BCUT2D eigenvalue weighted by Crippen LogP contribution is -2.37. The number of nitrogens with zero attached hydrogens (tertiary/aromatic N) is 3. The highest BCUT2D eigenvalue weighted by molar-refractivity contribution is 9.10. The number of pyridine rings is 1. The molecule has 1 aliphatic carbocycles. The van der Waals surface area contributed by atoms with Crippen LogP contribution in [0.3, 0.4) is 0 Å². The van der Waals surface area contributed by atoms with Gasteiger partial charge in [-0.1, -0.05) is 11.6 Å². The number of halogens is 1. The largest absolute Gasteiger partial charge is 0.372 e. The van der Waals surface area contributed by atoms with E-state index in [9.17, 15) is 0 Å². The molecule has 0 N–H and O–H groups in total. The molecule has 106 valence electrons. The fourth-order valence-corrected chi connectivity index (χ4v) is 2.72. The van der Waals surface area contributed by atoms with E-state index in [1.807, 2.05) is 25.3 Å². The maximum absolute atomic E-state index is 5.30. The van der Waals surface area contributed by atoms with Gasteiger partial charge in [-0.05, 0) is 47.8 Å². The Hall–Kier alpha value is -1.27. The van der Waals surface area contributed by atoms with Gasteiger partial charge in [-0.3, -0.25) is 4.98 Å². The lowest BCUT2D eigenvalue weighted by atomic mass is 9.66. The SMILES string of the molecule is CCOCc1nc(C2(c3ccc(Br)cn3)CCC2)no1. The molecule has 6 heteroatoms. The summed E-state index contributed by atoms with van der Waals surface area (Å²) in [7, 11) is 0. The summed E-state index contributed by atoms with van der Waals surface area (Å²) in [6.07, 6.45) is 4.99. The highest BCUT2D eigenvalue weighted by atomic mass is 79.9. The standard InChI is InChI=1S/C14H16BrN3O2/c1-2-19-9-12-17-13(18-20-12)14(6-3-7-14)11-5-4-10(15)8-16-11/h4-5,8H,2-3,6-7,9H2,1H3. The van der Waals surface area contributed by atoms with Crippen LogP contribution in [0.5, 0.6) is 0 Å². The normalized spacial score (nSPS) is 16.9. The lowest BCUT2D eigenvalue weighted by molar-refractivity contribution is 0.109. The number of hydrogen-bond acceptors (Lipinski definition) is 5. The topological polar surface area (TPSA) is 61.0 Å². The Balaban J connectivity index is 1.88. The highest BCUT2D eigenvalue weighted by Gasteiger charge is 2.45. The van der Waals surface area contributed by atoms with Crippen LogP contribution >= 0.6 is 15.9 Å².